The molecule has 0 heterocycles. The van der Waals surface area contributed by atoms with Crippen LogP contribution in [0.25, 0.3) is 21.9 Å². The molecule has 0 fully saturated rings. The lowest BCUT2D eigenvalue weighted by atomic mass is 9.95. The number of unbranched alkanes of at least 4 members (excludes halogenated alkanes) is 2. The van der Waals surface area contributed by atoms with Gasteiger partial charge >= 0.3 is 0 Å². The molecule has 0 unspecified atom stereocenters. The van der Waals surface area contributed by atoms with Crippen molar-refractivity contribution in [3.63, 3.8) is 0 Å². The van der Waals surface area contributed by atoms with Crippen molar-refractivity contribution in [3.8, 4) is 17.2 Å². The second kappa shape index (κ2) is 7.27. The van der Waals surface area contributed by atoms with Gasteiger partial charge in [-0.2, -0.15) is 5.26 Å². The van der Waals surface area contributed by atoms with Crippen LogP contribution >= 0.6 is 0 Å². The lowest BCUT2D eigenvalue weighted by Crippen LogP contribution is -1.89. The van der Waals surface area contributed by atoms with Crippen LogP contribution in [0.4, 0.5) is 4.39 Å². The summed E-state index contributed by atoms with van der Waals surface area (Å²) < 4.78 is 14.0. The van der Waals surface area contributed by atoms with Crippen LogP contribution in [-0.4, -0.2) is 0 Å². The zero-order valence-corrected chi connectivity index (χ0v) is 13.8. The molecule has 0 aliphatic rings. The highest BCUT2D eigenvalue weighted by Crippen LogP contribution is 2.30. The first-order valence-corrected chi connectivity index (χ1v) is 8.44. The Hall–Kier alpha value is -2.66. The van der Waals surface area contributed by atoms with Crippen LogP contribution < -0.4 is 0 Å². The Morgan fingerprint density at radius 1 is 1.00 bits per heavy atom. The highest BCUT2D eigenvalue weighted by atomic mass is 19.1. The van der Waals surface area contributed by atoms with Gasteiger partial charge in [-0.25, -0.2) is 4.39 Å². The first-order valence-electron chi connectivity index (χ1n) is 8.44. The van der Waals surface area contributed by atoms with Gasteiger partial charge in [0, 0.05) is 0 Å². The Bertz CT molecular complexity index is 905. The molecule has 0 bridgehead atoms. The van der Waals surface area contributed by atoms with Gasteiger partial charge in [0.25, 0.3) is 0 Å². The van der Waals surface area contributed by atoms with Crippen molar-refractivity contribution in [2.45, 2.75) is 32.6 Å². The molecule has 0 N–H and O–H groups in total. The van der Waals surface area contributed by atoms with Gasteiger partial charge in [0.2, 0.25) is 0 Å². The summed E-state index contributed by atoms with van der Waals surface area (Å²) in [6.07, 6.45) is 4.78. The fraction of sp³-hybridized carbons (Fsp3) is 0.227. The third kappa shape index (κ3) is 3.31. The summed E-state index contributed by atoms with van der Waals surface area (Å²) in [6.45, 7) is 2.21. The van der Waals surface area contributed by atoms with E-state index in [1.807, 2.05) is 24.3 Å². The van der Waals surface area contributed by atoms with Crippen LogP contribution in [0.1, 0.15) is 37.3 Å². The Morgan fingerprint density at radius 2 is 1.88 bits per heavy atom. The average molecular weight is 317 g/mol. The van der Waals surface area contributed by atoms with E-state index in [9.17, 15) is 4.39 Å². The lowest BCUT2D eigenvalue weighted by molar-refractivity contribution is 0.624. The van der Waals surface area contributed by atoms with E-state index in [2.05, 4.69) is 31.2 Å². The average Bonchev–Trinajstić information content (AvgIpc) is 2.61. The number of hydrogen-bond acceptors (Lipinski definition) is 1. The molecule has 3 aromatic carbocycles. The van der Waals surface area contributed by atoms with Crippen LogP contribution in [-0.2, 0) is 6.42 Å². The number of hydrogen-bond donors (Lipinski definition) is 0. The topological polar surface area (TPSA) is 23.8 Å². The standard InChI is InChI=1S/C22H20FN/c1-2-3-4-6-16-9-12-21-17(13-16)7-5-8-20(21)18-10-11-19(15-24)22(23)14-18/h5,7-14H,2-4,6H2,1H3. The molecule has 2 heteroatoms. The Labute approximate surface area is 142 Å². The number of benzene rings is 3. The number of nitrogens with zero attached hydrogens (tertiary/aromatic N) is 1. The molecule has 0 amide bonds. The van der Waals surface area contributed by atoms with Crippen LogP contribution in [0.5, 0.6) is 0 Å². The fourth-order valence-electron chi connectivity index (χ4n) is 3.09. The molecule has 0 radical (unpaired) electrons. The maximum absolute atomic E-state index is 14.0. The minimum absolute atomic E-state index is 0.0807. The summed E-state index contributed by atoms with van der Waals surface area (Å²) in [6, 6.07) is 19.3. The van der Waals surface area contributed by atoms with Gasteiger partial charge in [0.15, 0.2) is 0 Å². The van der Waals surface area contributed by atoms with Gasteiger partial charge in [-0.3, -0.25) is 0 Å². The highest BCUT2D eigenvalue weighted by molar-refractivity contribution is 5.97. The third-order valence-corrected chi connectivity index (χ3v) is 4.41. The van der Waals surface area contributed by atoms with Gasteiger partial charge in [0.1, 0.15) is 11.9 Å². The minimum atomic E-state index is -0.469. The van der Waals surface area contributed by atoms with Crippen LogP contribution in [0.3, 0.4) is 0 Å². The van der Waals surface area contributed by atoms with Gasteiger partial charge in [-0.05, 0) is 52.4 Å². The minimum Gasteiger partial charge on any atom is -0.206 e. The first-order chi connectivity index (χ1) is 11.7. The number of aryl methyl sites for hydroxylation is 1. The van der Waals surface area contributed by atoms with Crippen molar-refractivity contribution >= 4 is 10.8 Å². The summed E-state index contributed by atoms with van der Waals surface area (Å²) in [5.41, 5.74) is 3.23. The monoisotopic (exact) mass is 317 g/mol. The summed E-state index contributed by atoms with van der Waals surface area (Å²) in [4.78, 5) is 0. The van der Waals surface area contributed by atoms with Gasteiger partial charge in [-0.1, -0.05) is 62.2 Å². The molecule has 0 aliphatic heterocycles. The molecule has 24 heavy (non-hydrogen) atoms. The molecule has 0 spiro atoms. The quantitative estimate of drug-likeness (QED) is 0.510. The van der Waals surface area contributed by atoms with Crippen LogP contribution in [0.15, 0.2) is 54.6 Å². The molecule has 0 aliphatic carbocycles. The molecule has 120 valence electrons. The lowest BCUT2D eigenvalue weighted by Gasteiger charge is -2.09. The molecular formula is C22H20FN. The zero-order valence-electron chi connectivity index (χ0n) is 13.8. The van der Waals surface area contributed by atoms with Gasteiger partial charge in [0.05, 0.1) is 5.56 Å². The van der Waals surface area contributed by atoms with Gasteiger partial charge < -0.3 is 0 Å². The zero-order chi connectivity index (χ0) is 16.9. The van der Waals surface area contributed by atoms with E-state index in [1.165, 1.54) is 36.3 Å². The first kappa shape index (κ1) is 16.2. The predicted molar refractivity (Wildman–Crippen MR) is 97.3 cm³/mol. The molecule has 3 rings (SSSR count). The van der Waals surface area contributed by atoms with Crippen molar-refractivity contribution in [3.05, 3.63) is 71.5 Å². The Morgan fingerprint density at radius 3 is 2.62 bits per heavy atom. The van der Waals surface area contributed by atoms with Crippen molar-refractivity contribution in [1.29, 1.82) is 5.26 Å². The van der Waals surface area contributed by atoms with E-state index in [-0.39, 0.29) is 5.56 Å². The number of halogens is 1. The second-order valence-corrected chi connectivity index (χ2v) is 6.12. The second-order valence-electron chi connectivity index (χ2n) is 6.12. The molecule has 3 aromatic rings. The SMILES string of the molecule is CCCCCc1ccc2c(-c3ccc(C#N)c(F)c3)cccc2c1. The highest BCUT2D eigenvalue weighted by Gasteiger charge is 2.08. The van der Waals surface area contributed by atoms with Crippen LogP contribution in [0.2, 0.25) is 0 Å². The summed E-state index contributed by atoms with van der Waals surface area (Å²) in [7, 11) is 0. The molecule has 1 nitrogen and oxygen atoms in total. The summed E-state index contributed by atoms with van der Waals surface area (Å²) in [5.74, 6) is -0.469. The number of rotatable bonds is 5. The van der Waals surface area contributed by atoms with E-state index < -0.39 is 5.82 Å². The molecule has 0 aromatic heterocycles. The smallest absolute Gasteiger partial charge is 0.141 e. The van der Waals surface area contributed by atoms with E-state index in [1.54, 1.807) is 6.07 Å². The molecule has 0 atom stereocenters. The Balaban J connectivity index is 2.00. The van der Waals surface area contributed by atoms with Crippen molar-refractivity contribution in [2.75, 3.05) is 0 Å². The Kier molecular flexibility index (Phi) is 4.91. The van der Waals surface area contributed by atoms with Crippen LogP contribution in [0, 0.1) is 17.1 Å². The largest absolute Gasteiger partial charge is 0.206 e. The summed E-state index contributed by atoms with van der Waals surface area (Å²) in [5, 5.41) is 11.2. The van der Waals surface area contributed by atoms with E-state index in [4.69, 9.17) is 5.26 Å². The molecular weight excluding hydrogens is 297 g/mol. The number of fused-ring (bicyclic) bond motifs is 1. The third-order valence-electron chi connectivity index (χ3n) is 4.41. The van der Waals surface area contributed by atoms with E-state index in [0.29, 0.717) is 0 Å². The van der Waals surface area contributed by atoms with E-state index >= 15 is 0 Å². The number of nitriles is 1. The summed E-state index contributed by atoms with van der Waals surface area (Å²) >= 11 is 0. The molecule has 0 saturated heterocycles. The fourth-order valence-corrected chi connectivity index (χ4v) is 3.09. The maximum atomic E-state index is 14.0. The normalized spacial score (nSPS) is 10.7. The van der Waals surface area contributed by atoms with Gasteiger partial charge in [-0.15, -0.1) is 0 Å². The van der Waals surface area contributed by atoms with Crippen molar-refractivity contribution in [1.82, 2.24) is 0 Å². The van der Waals surface area contributed by atoms with Crippen molar-refractivity contribution < 1.29 is 4.39 Å². The predicted octanol–water partition coefficient (Wildman–Crippen LogP) is 6.25. The van der Waals surface area contributed by atoms with Crippen molar-refractivity contribution in [2.24, 2.45) is 0 Å². The van der Waals surface area contributed by atoms with E-state index in [0.717, 1.165) is 22.9 Å². The molecule has 0 saturated carbocycles. The maximum Gasteiger partial charge on any atom is 0.141 e.